The molecule has 2 aromatic heterocycles. The Hall–Kier alpha value is -2.17. The van der Waals surface area contributed by atoms with Crippen LogP contribution in [0.25, 0.3) is 0 Å². The van der Waals surface area contributed by atoms with Crippen molar-refractivity contribution in [3.05, 3.63) is 87.3 Å². The van der Waals surface area contributed by atoms with Gasteiger partial charge in [0, 0.05) is 17.4 Å². The van der Waals surface area contributed by atoms with Crippen molar-refractivity contribution in [2.75, 3.05) is 0 Å². The molecule has 1 amide bonds. The largest absolute Gasteiger partial charge is 0.340 e. The van der Waals surface area contributed by atoms with Crippen LogP contribution in [0.1, 0.15) is 26.8 Å². The number of nitrogens with zero attached hydrogens (tertiary/aromatic N) is 1. The summed E-state index contributed by atoms with van der Waals surface area (Å²) in [6, 6.07) is 14.7. The van der Waals surface area contributed by atoms with Crippen molar-refractivity contribution in [3.8, 4) is 0 Å². The normalized spacial score (nSPS) is 11.9. The highest BCUT2D eigenvalue weighted by Gasteiger charge is 2.18. The molecule has 3 nitrogen and oxygen atoms in total. The highest BCUT2D eigenvalue weighted by Crippen LogP contribution is 2.24. The van der Waals surface area contributed by atoms with E-state index in [1.54, 1.807) is 12.4 Å². The average molecular weight is 329 g/mol. The predicted octanol–water partition coefficient (Wildman–Crippen LogP) is 4.32. The van der Waals surface area contributed by atoms with Gasteiger partial charge in [0.15, 0.2) is 0 Å². The van der Waals surface area contributed by atoms with Gasteiger partial charge < -0.3 is 5.32 Å². The van der Waals surface area contributed by atoms with Gasteiger partial charge in [0.2, 0.25) is 0 Å². The van der Waals surface area contributed by atoms with Crippen LogP contribution in [0.2, 0.25) is 5.02 Å². The molecule has 1 N–H and O–H groups in total. The monoisotopic (exact) mass is 328 g/mol. The summed E-state index contributed by atoms with van der Waals surface area (Å²) in [5.41, 5.74) is 1.89. The van der Waals surface area contributed by atoms with Crippen LogP contribution >= 0.6 is 22.9 Å². The summed E-state index contributed by atoms with van der Waals surface area (Å²) in [5, 5.41) is 5.61. The van der Waals surface area contributed by atoms with Crippen molar-refractivity contribution >= 4 is 28.8 Å². The number of thiophene rings is 1. The number of nitrogens with one attached hydrogen (secondary N) is 1. The number of halogens is 1. The van der Waals surface area contributed by atoms with Crippen molar-refractivity contribution < 1.29 is 4.79 Å². The van der Waals surface area contributed by atoms with Crippen molar-refractivity contribution in [1.29, 1.82) is 0 Å². The first kappa shape index (κ1) is 14.8. The maximum Gasteiger partial charge on any atom is 0.262 e. The van der Waals surface area contributed by atoms with E-state index >= 15 is 0 Å². The van der Waals surface area contributed by atoms with Gasteiger partial charge in [0.25, 0.3) is 5.91 Å². The molecule has 22 heavy (non-hydrogen) atoms. The molecule has 110 valence electrons. The van der Waals surface area contributed by atoms with E-state index in [1.807, 2.05) is 53.9 Å². The molecule has 1 aromatic carbocycles. The molecule has 0 aliphatic rings. The van der Waals surface area contributed by atoms with Crippen LogP contribution in [0.5, 0.6) is 0 Å². The maximum absolute atomic E-state index is 12.4. The molecule has 0 unspecified atom stereocenters. The molecule has 0 fully saturated rings. The lowest BCUT2D eigenvalue weighted by molar-refractivity contribution is 0.0947. The Morgan fingerprint density at radius 1 is 1.09 bits per heavy atom. The zero-order valence-electron chi connectivity index (χ0n) is 11.6. The fraction of sp³-hybridized carbons (Fsp3) is 0.0588. The third kappa shape index (κ3) is 3.35. The highest BCUT2D eigenvalue weighted by atomic mass is 35.5. The quantitative estimate of drug-likeness (QED) is 0.775. The minimum absolute atomic E-state index is 0.0983. The Kier molecular flexibility index (Phi) is 4.51. The molecular weight excluding hydrogens is 316 g/mol. The molecule has 0 radical (unpaired) electrons. The number of carbonyl (C=O) groups excluding carboxylic acids is 1. The van der Waals surface area contributed by atoms with Gasteiger partial charge in [-0.25, -0.2) is 0 Å². The van der Waals surface area contributed by atoms with Crippen molar-refractivity contribution in [2.45, 2.75) is 6.04 Å². The van der Waals surface area contributed by atoms with Gasteiger partial charge in [-0.05, 0) is 40.8 Å². The second kappa shape index (κ2) is 6.73. The molecule has 0 saturated carbocycles. The van der Waals surface area contributed by atoms with Gasteiger partial charge >= 0.3 is 0 Å². The van der Waals surface area contributed by atoms with E-state index in [2.05, 4.69) is 10.3 Å². The first-order valence-corrected chi connectivity index (χ1v) is 7.99. The van der Waals surface area contributed by atoms with E-state index in [1.165, 1.54) is 11.3 Å². The van der Waals surface area contributed by atoms with E-state index in [9.17, 15) is 4.79 Å². The Balaban J connectivity index is 1.93. The molecule has 5 heteroatoms. The summed E-state index contributed by atoms with van der Waals surface area (Å²) >= 11 is 7.37. The van der Waals surface area contributed by atoms with Gasteiger partial charge in [-0.1, -0.05) is 35.9 Å². The predicted molar refractivity (Wildman–Crippen MR) is 89.3 cm³/mol. The molecule has 0 saturated heterocycles. The minimum Gasteiger partial charge on any atom is -0.340 e. The summed E-state index contributed by atoms with van der Waals surface area (Å²) in [6.45, 7) is 0. The molecule has 3 aromatic rings. The summed E-state index contributed by atoms with van der Waals surface area (Å²) in [5.74, 6) is -0.0983. The van der Waals surface area contributed by atoms with Gasteiger partial charge in [-0.15, -0.1) is 11.3 Å². The summed E-state index contributed by atoms with van der Waals surface area (Å²) in [6.07, 6.45) is 3.47. The second-order valence-electron chi connectivity index (χ2n) is 4.72. The third-order valence-corrected chi connectivity index (χ3v) is 4.36. The van der Waals surface area contributed by atoms with Crippen LogP contribution in [0.4, 0.5) is 0 Å². The SMILES string of the molecule is O=C(N[C@H](c1ccc(Cl)cc1)c1cccnc1)c1cccs1. The average Bonchev–Trinajstić information content (AvgIpc) is 3.09. The van der Waals surface area contributed by atoms with Crippen LogP contribution in [0.15, 0.2) is 66.3 Å². The van der Waals surface area contributed by atoms with E-state index in [0.717, 1.165) is 11.1 Å². The summed E-state index contributed by atoms with van der Waals surface area (Å²) in [4.78, 5) is 17.2. The Labute approximate surface area is 137 Å². The molecule has 0 aliphatic heterocycles. The van der Waals surface area contributed by atoms with Crippen LogP contribution in [-0.2, 0) is 0 Å². The topological polar surface area (TPSA) is 42.0 Å². The number of hydrogen-bond donors (Lipinski definition) is 1. The molecule has 1 atom stereocenters. The molecule has 0 spiro atoms. The number of pyridine rings is 1. The maximum atomic E-state index is 12.4. The number of aromatic nitrogens is 1. The lowest BCUT2D eigenvalue weighted by Gasteiger charge is -2.19. The highest BCUT2D eigenvalue weighted by molar-refractivity contribution is 7.12. The first-order chi connectivity index (χ1) is 10.7. The smallest absolute Gasteiger partial charge is 0.262 e. The molecule has 0 aliphatic carbocycles. The van der Waals surface area contributed by atoms with E-state index in [-0.39, 0.29) is 11.9 Å². The van der Waals surface area contributed by atoms with E-state index in [4.69, 9.17) is 11.6 Å². The standard InChI is InChI=1S/C17H13ClN2OS/c18-14-7-5-12(6-8-14)16(13-3-1-9-19-11-13)20-17(21)15-4-2-10-22-15/h1-11,16H,(H,20,21)/t16-/m1/s1. The third-order valence-electron chi connectivity index (χ3n) is 3.24. The summed E-state index contributed by atoms with van der Waals surface area (Å²) in [7, 11) is 0. The fourth-order valence-corrected chi connectivity index (χ4v) is 2.92. The lowest BCUT2D eigenvalue weighted by Crippen LogP contribution is -2.28. The fourth-order valence-electron chi connectivity index (χ4n) is 2.17. The molecule has 0 bridgehead atoms. The number of amides is 1. The number of benzene rings is 1. The van der Waals surface area contributed by atoms with Gasteiger partial charge in [-0.3, -0.25) is 9.78 Å². The lowest BCUT2D eigenvalue weighted by atomic mass is 10.00. The van der Waals surface area contributed by atoms with Crippen LogP contribution < -0.4 is 5.32 Å². The first-order valence-electron chi connectivity index (χ1n) is 6.74. The van der Waals surface area contributed by atoms with Crippen LogP contribution in [0, 0.1) is 0 Å². The van der Waals surface area contributed by atoms with E-state index < -0.39 is 0 Å². The minimum atomic E-state index is -0.263. The Morgan fingerprint density at radius 2 is 1.91 bits per heavy atom. The molecular formula is C17H13ClN2OS. The van der Waals surface area contributed by atoms with Crippen molar-refractivity contribution in [3.63, 3.8) is 0 Å². The summed E-state index contributed by atoms with van der Waals surface area (Å²) < 4.78 is 0. The zero-order valence-corrected chi connectivity index (χ0v) is 13.1. The van der Waals surface area contributed by atoms with Gasteiger partial charge in [0.05, 0.1) is 10.9 Å². The number of rotatable bonds is 4. The molecule has 2 heterocycles. The van der Waals surface area contributed by atoms with Crippen molar-refractivity contribution in [1.82, 2.24) is 10.3 Å². The van der Waals surface area contributed by atoms with E-state index in [0.29, 0.717) is 9.90 Å². The van der Waals surface area contributed by atoms with Crippen LogP contribution in [-0.4, -0.2) is 10.9 Å². The number of carbonyl (C=O) groups is 1. The zero-order chi connectivity index (χ0) is 15.4. The Morgan fingerprint density at radius 3 is 2.55 bits per heavy atom. The van der Waals surface area contributed by atoms with Crippen LogP contribution in [0.3, 0.4) is 0 Å². The van der Waals surface area contributed by atoms with Gasteiger partial charge in [-0.2, -0.15) is 0 Å². The van der Waals surface area contributed by atoms with Crippen molar-refractivity contribution in [2.24, 2.45) is 0 Å². The number of hydrogen-bond acceptors (Lipinski definition) is 3. The Bertz CT molecular complexity index is 742. The second-order valence-corrected chi connectivity index (χ2v) is 6.11. The van der Waals surface area contributed by atoms with Gasteiger partial charge in [0.1, 0.15) is 0 Å². The molecule has 3 rings (SSSR count).